The number of aliphatic hydroxyl groups excluding tert-OH is 1. The molecule has 1 saturated heterocycles. The Morgan fingerprint density at radius 3 is 2.52 bits per heavy atom. The lowest BCUT2D eigenvalue weighted by molar-refractivity contribution is -0.165. The summed E-state index contributed by atoms with van der Waals surface area (Å²) in [6, 6.07) is 4.61. The molecule has 0 spiro atoms. The van der Waals surface area contributed by atoms with E-state index in [0.29, 0.717) is 6.42 Å². The van der Waals surface area contributed by atoms with Gasteiger partial charge in [0.1, 0.15) is 5.82 Å². The van der Waals surface area contributed by atoms with Crippen LogP contribution in [0.15, 0.2) is 24.3 Å². The Bertz CT molecular complexity index is 827. The second-order valence-corrected chi connectivity index (χ2v) is 8.13. The molecule has 0 radical (unpaired) electrons. The molecule has 8 heteroatoms. The normalized spacial score (nSPS) is 38.6. The summed E-state index contributed by atoms with van der Waals surface area (Å²) in [5.41, 5.74) is 0.826. The van der Waals surface area contributed by atoms with Crippen molar-refractivity contribution in [3.8, 4) is 0 Å². The van der Waals surface area contributed by atoms with Gasteiger partial charge in [-0.1, -0.05) is 12.1 Å². The highest BCUT2D eigenvalue weighted by Gasteiger charge is 2.63. The van der Waals surface area contributed by atoms with Crippen LogP contribution in [-0.2, 0) is 30.3 Å². The summed E-state index contributed by atoms with van der Waals surface area (Å²) >= 11 is 0. The van der Waals surface area contributed by atoms with Crippen molar-refractivity contribution in [3.63, 3.8) is 0 Å². The maximum atomic E-state index is 13.2. The van der Waals surface area contributed by atoms with Gasteiger partial charge in [-0.2, -0.15) is 0 Å². The first kappa shape index (κ1) is 20.1. The van der Waals surface area contributed by atoms with Crippen molar-refractivity contribution >= 4 is 17.5 Å². The maximum Gasteiger partial charge on any atom is 0.311 e. The smallest absolute Gasteiger partial charge is 0.311 e. The van der Waals surface area contributed by atoms with Gasteiger partial charge in [-0.05, 0) is 36.5 Å². The molecule has 3 aliphatic rings. The Balaban J connectivity index is 1.67. The third-order valence-electron chi connectivity index (χ3n) is 6.81. The Labute approximate surface area is 167 Å². The number of halogens is 1. The number of fused-ring (bicyclic) bond motifs is 4. The van der Waals surface area contributed by atoms with Gasteiger partial charge in [0.05, 0.1) is 31.3 Å². The summed E-state index contributed by atoms with van der Waals surface area (Å²) < 4.78 is 23.7. The Kier molecular flexibility index (Phi) is 5.27. The van der Waals surface area contributed by atoms with E-state index in [2.05, 4.69) is 5.32 Å². The summed E-state index contributed by atoms with van der Waals surface area (Å²) in [5.74, 6) is -4.05. The van der Waals surface area contributed by atoms with E-state index in [-0.39, 0.29) is 18.2 Å². The molecule has 7 nitrogen and oxygen atoms in total. The molecule has 0 amide bonds. The lowest BCUT2D eigenvalue weighted by atomic mass is 9.63. The van der Waals surface area contributed by atoms with Crippen molar-refractivity contribution in [2.45, 2.75) is 37.1 Å². The van der Waals surface area contributed by atoms with Crippen LogP contribution in [0.3, 0.4) is 0 Å². The van der Waals surface area contributed by atoms with E-state index < -0.39 is 59.6 Å². The minimum absolute atomic E-state index is 0.207. The molecule has 2 saturated carbocycles. The highest BCUT2D eigenvalue weighted by Crippen LogP contribution is 2.48. The number of benzene rings is 1. The number of Topliss-reactive ketones (excluding diaryl/α,β-unsaturated/α-hetero) is 2. The number of carbonyl (C=O) groups is 3. The van der Waals surface area contributed by atoms with E-state index in [0.717, 1.165) is 5.56 Å². The lowest BCUT2D eigenvalue weighted by Gasteiger charge is -2.50. The van der Waals surface area contributed by atoms with Gasteiger partial charge in [0, 0.05) is 25.0 Å². The van der Waals surface area contributed by atoms with E-state index in [4.69, 9.17) is 9.47 Å². The zero-order chi connectivity index (χ0) is 20.9. The second-order valence-electron chi connectivity index (χ2n) is 8.13. The number of rotatable bonds is 4. The van der Waals surface area contributed by atoms with Crippen LogP contribution in [0.1, 0.15) is 12.0 Å². The van der Waals surface area contributed by atoms with Gasteiger partial charge >= 0.3 is 5.97 Å². The highest BCUT2D eigenvalue weighted by atomic mass is 19.1. The second kappa shape index (κ2) is 7.59. The van der Waals surface area contributed by atoms with E-state index in [1.165, 1.54) is 26.4 Å². The van der Waals surface area contributed by atoms with Crippen molar-refractivity contribution < 1.29 is 33.4 Å². The molecule has 2 aliphatic carbocycles. The molecule has 2 bridgehead atoms. The molecular weight excluding hydrogens is 381 g/mol. The van der Waals surface area contributed by atoms with Gasteiger partial charge in [-0.15, -0.1) is 0 Å². The fourth-order valence-electron chi connectivity index (χ4n) is 5.48. The number of methoxy groups -OCH3 is 2. The van der Waals surface area contributed by atoms with Gasteiger partial charge in [0.2, 0.25) is 11.6 Å². The van der Waals surface area contributed by atoms with Gasteiger partial charge in [0.25, 0.3) is 0 Å². The summed E-state index contributed by atoms with van der Waals surface area (Å²) in [6.45, 7) is 0. The van der Waals surface area contributed by atoms with Crippen LogP contribution in [0.5, 0.6) is 0 Å². The Morgan fingerprint density at radius 1 is 1.21 bits per heavy atom. The molecular formula is C21H24FNO6. The monoisotopic (exact) mass is 405 g/mol. The number of hydrogen-bond donors (Lipinski definition) is 2. The van der Waals surface area contributed by atoms with Crippen LogP contribution < -0.4 is 5.32 Å². The topological polar surface area (TPSA) is 102 Å². The molecule has 8 atom stereocenters. The number of nitrogens with one attached hydrogen (secondary N) is 1. The van der Waals surface area contributed by atoms with Gasteiger partial charge < -0.3 is 19.9 Å². The fraction of sp³-hybridized carbons (Fsp3) is 0.571. The third kappa shape index (κ3) is 3.19. The van der Waals surface area contributed by atoms with Crippen LogP contribution in [0, 0.1) is 29.5 Å². The number of ketones is 2. The standard InChI is InChI=1S/C21H24FNO6/c1-28-13-8-12(21(27)29-2)18(24)17-15(13)14-11(16(23-17)20(26)19(14)25)7-9-3-5-10(22)6-4-9/h3-6,11-18,23-24H,7-8H2,1-2H3. The quantitative estimate of drug-likeness (QED) is 0.548. The predicted octanol–water partition coefficient (Wildman–Crippen LogP) is 0.278. The van der Waals surface area contributed by atoms with Crippen LogP contribution in [0.25, 0.3) is 0 Å². The number of piperidine rings is 1. The number of aliphatic hydroxyl groups is 1. The molecule has 3 fully saturated rings. The molecule has 29 heavy (non-hydrogen) atoms. The van der Waals surface area contributed by atoms with Crippen LogP contribution in [0.4, 0.5) is 4.39 Å². The first-order valence-corrected chi connectivity index (χ1v) is 9.74. The SMILES string of the molecule is COC(=O)C1CC(OC)C2C(NC3C(=O)C(=O)C2C3Cc2ccc(F)cc2)C1O. The van der Waals surface area contributed by atoms with Gasteiger partial charge in [-0.3, -0.25) is 14.4 Å². The largest absolute Gasteiger partial charge is 0.469 e. The number of ether oxygens (including phenoxy) is 2. The van der Waals surface area contributed by atoms with Crippen LogP contribution in [-0.4, -0.2) is 61.2 Å². The summed E-state index contributed by atoms with van der Waals surface area (Å²) in [4.78, 5) is 37.7. The minimum Gasteiger partial charge on any atom is -0.469 e. The molecule has 1 aromatic rings. The van der Waals surface area contributed by atoms with Crippen LogP contribution >= 0.6 is 0 Å². The van der Waals surface area contributed by atoms with E-state index in [1.54, 1.807) is 12.1 Å². The zero-order valence-corrected chi connectivity index (χ0v) is 16.2. The number of carbonyl (C=O) groups excluding carboxylic acids is 3. The van der Waals surface area contributed by atoms with Crippen LogP contribution in [0.2, 0.25) is 0 Å². The molecule has 2 N–H and O–H groups in total. The summed E-state index contributed by atoms with van der Waals surface area (Å²) in [7, 11) is 2.75. The minimum atomic E-state index is -1.09. The van der Waals surface area contributed by atoms with E-state index in [9.17, 15) is 23.9 Å². The van der Waals surface area contributed by atoms with Crippen molar-refractivity contribution in [1.29, 1.82) is 0 Å². The molecule has 1 aliphatic heterocycles. The first-order valence-electron chi connectivity index (χ1n) is 9.74. The molecule has 0 aromatic heterocycles. The Hall–Kier alpha value is -2.16. The summed E-state index contributed by atoms with van der Waals surface area (Å²) in [5, 5.41) is 14.0. The van der Waals surface area contributed by atoms with Crippen molar-refractivity contribution in [2.24, 2.45) is 23.7 Å². The third-order valence-corrected chi connectivity index (χ3v) is 6.81. The number of esters is 1. The molecule has 1 aromatic carbocycles. The lowest BCUT2D eigenvalue weighted by Crippen LogP contribution is -2.66. The average molecular weight is 405 g/mol. The van der Waals surface area contributed by atoms with Crippen molar-refractivity contribution in [2.75, 3.05) is 14.2 Å². The Morgan fingerprint density at radius 2 is 1.90 bits per heavy atom. The highest BCUT2D eigenvalue weighted by molar-refractivity contribution is 6.42. The molecule has 4 rings (SSSR count). The maximum absolute atomic E-state index is 13.2. The van der Waals surface area contributed by atoms with Crippen molar-refractivity contribution in [1.82, 2.24) is 5.32 Å². The molecule has 156 valence electrons. The molecule has 8 unspecified atom stereocenters. The number of hydrogen-bond acceptors (Lipinski definition) is 7. The molecule has 1 heterocycles. The first-order chi connectivity index (χ1) is 13.9. The van der Waals surface area contributed by atoms with E-state index >= 15 is 0 Å². The predicted molar refractivity (Wildman–Crippen MR) is 98.2 cm³/mol. The van der Waals surface area contributed by atoms with Crippen molar-refractivity contribution in [3.05, 3.63) is 35.6 Å². The van der Waals surface area contributed by atoms with Gasteiger partial charge in [0.15, 0.2) is 0 Å². The van der Waals surface area contributed by atoms with E-state index in [1.807, 2.05) is 0 Å². The zero-order valence-electron chi connectivity index (χ0n) is 16.2. The van der Waals surface area contributed by atoms with Gasteiger partial charge in [-0.25, -0.2) is 4.39 Å². The fourth-order valence-corrected chi connectivity index (χ4v) is 5.48. The average Bonchev–Trinajstić information content (AvgIpc) is 2.87. The summed E-state index contributed by atoms with van der Waals surface area (Å²) in [6.07, 6.45) is -0.944.